The van der Waals surface area contributed by atoms with Crippen molar-refractivity contribution >= 4 is 0 Å². The zero-order valence-electron chi connectivity index (χ0n) is 9.13. The largest absolute Gasteiger partial charge is 0.317 e. The van der Waals surface area contributed by atoms with Crippen molar-refractivity contribution in [2.45, 2.75) is 44.7 Å². The van der Waals surface area contributed by atoms with Crippen molar-refractivity contribution in [2.75, 3.05) is 13.1 Å². The van der Waals surface area contributed by atoms with E-state index in [0.29, 0.717) is 12.1 Å². The van der Waals surface area contributed by atoms with Crippen molar-refractivity contribution in [1.29, 1.82) is 0 Å². The second-order valence-electron chi connectivity index (χ2n) is 4.65. The van der Waals surface area contributed by atoms with Crippen molar-refractivity contribution in [3.05, 3.63) is 12.2 Å². The third-order valence-corrected chi connectivity index (χ3v) is 3.58. The van der Waals surface area contributed by atoms with Gasteiger partial charge in [0.15, 0.2) is 0 Å². The normalized spacial score (nSPS) is 30.8. The van der Waals surface area contributed by atoms with E-state index in [4.69, 9.17) is 0 Å². The number of piperidine rings is 1. The Hall–Kier alpha value is -0.340. The molecule has 0 aromatic heterocycles. The summed E-state index contributed by atoms with van der Waals surface area (Å²) >= 11 is 0. The molecule has 2 aliphatic rings. The summed E-state index contributed by atoms with van der Waals surface area (Å²) in [7, 11) is 0. The first kappa shape index (κ1) is 10.2. The molecule has 14 heavy (non-hydrogen) atoms. The molecule has 2 rings (SSSR count). The van der Waals surface area contributed by atoms with Crippen molar-refractivity contribution in [2.24, 2.45) is 5.92 Å². The number of hydrogen-bond donors (Lipinski definition) is 2. The number of hydrogen-bond acceptors (Lipinski definition) is 2. The zero-order chi connectivity index (χ0) is 9.80. The summed E-state index contributed by atoms with van der Waals surface area (Å²) in [5.41, 5.74) is 0. The molecule has 2 nitrogen and oxygen atoms in total. The SMILES string of the molecule is CC(NC1C=CCC1)C1CCNCC1. The highest BCUT2D eigenvalue weighted by molar-refractivity contribution is 5.01. The van der Waals surface area contributed by atoms with Gasteiger partial charge in [-0.25, -0.2) is 0 Å². The first-order valence-electron chi connectivity index (χ1n) is 5.99. The van der Waals surface area contributed by atoms with Gasteiger partial charge in [0.25, 0.3) is 0 Å². The third-order valence-electron chi connectivity index (χ3n) is 3.58. The molecule has 1 aliphatic carbocycles. The molecule has 0 aromatic rings. The zero-order valence-corrected chi connectivity index (χ0v) is 9.13. The highest BCUT2D eigenvalue weighted by Crippen LogP contribution is 2.18. The molecule has 1 fully saturated rings. The van der Waals surface area contributed by atoms with Crippen LogP contribution in [0.2, 0.25) is 0 Å². The Bertz CT molecular complexity index is 194. The van der Waals surface area contributed by atoms with Crippen LogP contribution in [0, 0.1) is 5.92 Å². The molecule has 1 saturated heterocycles. The molecule has 0 bridgehead atoms. The van der Waals surface area contributed by atoms with E-state index in [1.165, 1.54) is 38.8 Å². The van der Waals surface area contributed by atoms with Gasteiger partial charge in [0.05, 0.1) is 0 Å². The van der Waals surface area contributed by atoms with Crippen molar-refractivity contribution < 1.29 is 0 Å². The monoisotopic (exact) mass is 194 g/mol. The van der Waals surface area contributed by atoms with E-state index in [1.807, 2.05) is 0 Å². The average Bonchev–Trinajstić information content (AvgIpc) is 2.72. The Morgan fingerprint density at radius 3 is 2.71 bits per heavy atom. The molecule has 1 heterocycles. The maximum absolute atomic E-state index is 3.73. The smallest absolute Gasteiger partial charge is 0.0255 e. The summed E-state index contributed by atoms with van der Waals surface area (Å²) in [5, 5.41) is 7.16. The lowest BCUT2D eigenvalue weighted by Crippen LogP contribution is -2.43. The van der Waals surface area contributed by atoms with Gasteiger partial charge in [-0.3, -0.25) is 0 Å². The lowest BCUT2D eigenvalue weighted by molar-refractivity contribution is 0.283. The quantitative estimate of drug-likeness (QED) is 0.668. The fraction of sp³-hybridized carbons (Fsp3) is 0.833. The molecule has 0 spiro atoms. The number of allylic oxidation sites excluding steroid dienone is 1. The maximum Gasteiger partial charge on any atom is 0.0255 e. The van der Waals surface area contributed by atoms with Crippen LogP contribution in [-0.4, -0.2) is 25.2 Å². The highest BCUT2D eigenvalue weighted by Gasteiger charge is 2.21. The first-order valence-corrected chi connectivity index (χ1v) is 5.99. The highest BCUT2D eigenvalue weighted by atomic mass is 15.0. The lowest BCUT2D eigenvalue weighted by atomic mass is 9.91. The first-order chi connectivity index (χ1) is 6.86. The van der Waals surface area contributed by atoms with Gasteiger partial charge in [0.2, 0.25) is 0 Å². The van der Waals surface area contributed by atoms with Gasteiger partial charge in [-0.05, 0) is 51.6 Å². The summed E-state index contributed by atoms with van der Waals surface area (Å²) in [4.78, 5) is 0. The minimum absolute atomic E-state index is 0.653. The van der Waals surface area contributed by atoms with Crippen LogP contribution in [-0.2, 0) is 0 Å². The predicted octanol–water partition coefficient (Wildman–Crippen LogP) is 1.68. The third kappa shape index (κ3) is 2.58. The molecule has 0 radical (unpaired) electrons. The van der Waals surface area contributed by atoms with E-state index in [0.717, 1.165) is 5.92 Å². The van der Waals surface area contributed by atoms with Crippen molar-refractivity contribution in [1.82, 2.24) is 10.6 Å². The van der Waals surface area contributed by atoms with Gasteiger partial charge in [-0.1, -0.05) is 12.2 Å². The van der Waals surface area contributed by atoms with E-state index in [2.05, 4.69) is 29.7 Å². The van der Waals surface area contributed by atoms with Crippen molar-refractivity contribution in [3.8, 4) is 0 Å². The summed E-state index contributed by atoms with van der Waals surface area (Å²) in [6, 6.07) is 1.34. The van der Waals surface area contributed by atoms with E-state index < -0.39 is 0 Å². The van der Waals surface area contributed by atoms with Crippen LogP contribution in [0.3, 0.4) is 0 Å². The molecule has 80 valence electrons. The van der Waals surface area contributed by atoms with Gasteiger partial charge in [-0.15, -0.1) is 0 Å². The molecule has 2 unspecified atom stereocenters. The number of nitrogens with one attached hydrogen (secondary N) is 2. The Kier molecular flexibility index (Phi) is 3.60. The Morgan fingerprint density at radius 1 is 1.29 bits per heavy atom. The molecule has 0 aromatic carbocycles. The van der Waals surface area contributed by atoms with Gasteiger partial charge in [0.1, 0.15) is 0 Å². The lowest BCUT2D eigenvalue weighted by Gasteiger charge is -2.30. The minimum Gasteiger partial charge on any atom is -0.317 e. The van der Waals surface area contributed by atoms with Gasteiger partial charge in [0, 0.05) is 12.1 Å². The molecule has 2 atom stereocenters. The standard InChI is InChI=1S/C12H22N2/c1-10(11-6-8-13-9-7-11)14-12-4-2-3-5-12/h2,4,10-14H,3,5-9H2,1H3. The summed E-state index contributed by atoms with van der Waals surface area (Å²) in [6.07, 6.45) is 9.87. The molecule has 2 N–H and O–H groups in total. The van der Waals surface area contributed by atoms with Crippen LogP contribution in [0.4, 0.5) is 0 Å². The van der Waals surface area contributed by atoms with Gasteiger partial charge >= 0.3 is 0 Å². The van der Waals surface area contributed by atoms with Crippen LogP contribution < -0.4 is 10.6 Å². The molecule has 2 heteroatoms. The van der Waals surface area contributed by atoms with Crippen LogP contribution in [0.5, 0.6) is 0 Å². The van der Waals surface area contributed by atoms with Crippen molar-refractivity contribution in [3.63, 3.8) is 0 Å². The van der Waals surface area contributed by atoms with Crippen LogP contribution >= 0.6 is 0 Å². The van der Waals surface area contributed by atoms with Crippen LogP contribution in [0.15, 0.2) is 12.2 Å². The van der Waals surface area contributed by atoms with Gasteiger partial charge in [-0.2, -0.15) is 0 Å². The fourth-order valence-corrected chi connectivity index (χ4v) is 2.59. The second-order valence-corrected chi connectivity index (χ2v) is 4.65. The summed E-state index contributed by atoms with van der Waals surface area (Å²) < 4.78 is 0. The fourth-order valence-electron chi connectivity index (χ4n) is 2.59. The number of rotatable bonds is 3. The summed E-state index contributed by atoms with van der Waals surface area (Å²) in [5.74, 6) is 0.880. The van der Waals surface area contributed by atoms with Gasteiger partial charge < -0.3 is 10.6 Å². The summed E-state index contributed by atoms with van der Waals surface area (Å²) in [6.45, 7) is 4.76. The molecule has 1 aliphatic heterocycles. The van der Waals surface area contributed by atoms with E-state index in [9.17, 15) is 0 Å². The Morgan fingerprint density at radius 2 is 2.07 bits per heavy atom. The van der Waals surface area contributed by atoms with E-state index in [-0.39, 0.29) is 0 Å². The molecular weight excluding hydrogens is 172 g/mol. The Labute approximate surface area is 87.2 Å². The molecular formula is C12H22N2. The average molecular weight is 194 g/mol. The Balaban J connectivity index is 1.75. The maximum atomic E-state index is 3.73. The second kappa shape index (κ2) is 4.94. The molecule has 0 saturated carbocycles. The van der Waals surface area contributed by atoms with Crippen LogP contribution in [0.25, 0.3) is 0 Å². The van der Waals surface area contributed by atoms with Crippen LogP contribution in [0.1, 0.15) is 32.6 Å². The predicted molar refractivity (Wildman–Crippen MR) is 60.4 cm³/mol. The van der Waals surface area contributed by atoms with E-state index in [1.54, 1.807) is 0 Å². The van der Waals surface area contributed by atoms with E-state index >= 15 is 0 Å². The minimum atomic E-state index is 0.653. The molecule has 0 amide bonds. The topological polar surface area (TPSA) is 24.1 Å².